The van der Waals surface area contributed by atoms with Crippen LogP contribution in [0.5, 0.6) is 0 Å². The number of amides is 2. The average Bonchev–Trinajstić information content (AvgIpc) is 3.35. The van der Waals surface area contributed by atoms with Gasteiger partial charge in [-0.1, -0.05) is 6.92 Å². The minimum atomic E-state index is -0.596. The number of urea groups is 1. The van der Waals surface area contributed by atoms with Crippen molar-refractivity contribution in [3.8, 4) is 0 Å². The van der Waals surface area contributed by atoms with Gasteiger partial charge in [0.2, 0.25) is 5.95 Å². The maximum absolute atomic E-state index is 14.3. The van der Waals surface area contributed by atoms with Crippen LogP contribution in [-0.4, -0.2) is 68.2 Å². The Labute approximate surface area is 193 Å². The van der Waals surface area contributed by atoms with E-state index in [1.807, 2.05) is 20.8 Å². The first-order valence-electron chi connectivity index (χ1n) is 11.4. The second-order valence-electron chi connectivity index (χ2n) is 9.96. The van der Waals surface area contributed by atoms with Crippen molar-refractivity contribution in [2.24, 2.45) is 5.92 Å². The Morgan fingerprint density at radius 1 is 1.33 bits per heavy atom. The molecule has 2 amide bonds. The highest BCUT2D eigenvalue weighted by Gasteiger charge is 2.45. The summed E-state index contributed by atoms with van der Waals surface area (Å²) in [5.41, 5.74) is 0.979. The number of carbonyl (C=O) groups is 1. The number of halogens is 1. The van der Waals surface area contributed by atoms with Crippen LogP contribution in [0.25, 0.3) is 0 Å². The molecule has 4 rings (SSSR count). The topological polar surface area (TPSA) is 114 Å². The van der Waals surface area contributed by atoms with Crippen LogP contribution in [-0.2, 0) is 12.1 Å². The summed E-state index contributed by atoms with van der Waals surface area (Å²) in [5.74, 6) is 0.833. The lowest BCUT2D eigenvalue weighted by molar-refractivity contribution is 0.132. The van der Waals surface area contributed by atoms with Crippen LogP contribution in [0.2, 0.25) is 0 Å². The van der Waals surface area contributed by atoms with E-state index in [1.165, 1.54) is 0 Å². The normalized spacial score (nSPS) is 24.1. The molecule has 1 saturated heterocycles. The number of nitrogens with one attached hydrogen (secondary N) is 4. The summed E-state index contributed by atoms with van der Waals surface area (Å²) in [7, 11) is 2.11. The molecule has 1 fully saturated rings. The fourth-order valence-electron chi connectivity index (χ4n) is 4.98. The van der Waals surface area contributed by atoms with Gasteiger partial charge in [-0.2, -0.15) is 10.1 Å². The van der Waals surface area contributed by atoms with E-state index in [2.05, 4.69) is 61.9 Å². The molecular weight excluding hydrogens is 425 g/mol. The van der Waals surface area contributed by atoms with Gasteiger partial charge in [0.15, 0.2) is 17.5 Å². The highest BCUT2D eigenvalue weighted by Crippen LogP contribution is 2.41. The van der Waals surface area contributed by atoms with Gasteiger partial charge in [-0.25, -0.2) is 14.2 Å². The van der Waals surface area contributed by atoms with E-state index >= 15 is 0 Å². The number of rotatable bonds is 6. The molecule has 180 valence electrons. The Hall–Kier alpha value is -2.95. The smallest absolute Gasteiger partial charge is 0.318 e. The van der Waals surface area contributed by atoms with E-state index in [1.54, 1.807) is 4.90 Å². The summed E-state index contributed by atoms with van der Waals surface area (Å²) in [6, 6.07) is -0.132. The molecule has 0 aromatic carbocycles. The van der Waals surface area contributed by atoms with Gasteiger partial charge in [0, 0.05) is 30.7 Å². The highest BCUT2D eigenvalue weighted by atomic mass is 19.1. The van der Waals surface area contributed by atoms with Crippen molar-refractivity contribution in [3.05, 3.63) is 23.3 Å². The second kappa shape index (κ2) is 8.44. The summed E-state index contributed by atoms with van der Waals surface area (Å²) in [6.07, 6.45) is 2.16. The van der Waals surface area contributed by atoms with E-state index in [9.17, 15) is 9.18 Å². The van der Waals surface area contributed by atoms with Crippen LogP contribution in [0.3, 0.4) is 0 Å². The van der Waals surface area contributed by atoms with E-state index in [0.29, 0.717) is 37.3 Å². The SMILES string of the molecule is CCNc1ncc(F)c(Nc2n[nH]c3c2CN(C(=O)NCC2(C)C[C@@H](C)CN2C)C3(C)C)n1. The maximum atomic E-state index is 14.3. The number of hydrogen-bond acceptors (Lipinski definition) is 7. The fourth-order valence-corrected chi connectivity index (χ4v) is 4.98. The fraction of sp³-hybridized carbons (Fsp3) is 0.636. The third kappa shape index (κ3) is 4.21. The Morgan fingerprint density at radius 3 is 2.76 bits per heavy atom. The number of likely N-dealkylation sites (tertiary alicyclic amines) is 1. The summed E-state index contributed by atoms with van der Waals surface area (Å²) >= 11 is 0. The highest BCUT2D eigenvalue weighted by molar-refractivity contribution is 5.77. The first kappa shape index (κ1) is 23.2. The monoisotopic (exact) mass is 459 g/mol. The molecule has 0 aliphatic carbocycles. The predicted octanol–water partition coefficient (Wildman–Crippen LogP) is 3.00. The van der Waals surface area contributed by atoms with Gasteiger partial charge in [-0.15, -0.1) is 0 Å². The van der Waals surface area contributed by atoms with Crippen LogP contribution in [0.4, 0.5) is 26.8 Å². The zero-order valence-electron chi connectivity index (χ0n) is 20.2. The van der Waals surface area contributed by atoms with Gasteiger partial charge in [0.25, 0.3) is 0 Å². The van der Waals surface area contributed by atoms with E-state index < -0.39 is 11.4 Å². The molecule has 11 heteroatoms. The standard InChI is InChI=1S/C22H34FN9O/c1-7-24-19-25-9-15(23)18(28-19)27-17-14-11-32(21(3,4)16(14)29-30-17)20(33)26-12-22(5)8-13(2)10-31(22)6/h9,13H,7-8,10-12H2,1-6H3,(H,26,33)(H3,24,25,27,28,29,30)/t13-,22?/m1/s1. The van der Waals surface area contributed by atoms with E-state index in [0.717, 1.165) is 30.4 Å². The van der Waals surface area contributed by atoms with Crippen molar-refractivity contribution in [2.45, 2.75) is 58.7 Å². The Balaban J connectivity index is 1.49. The molecule has 10 nitrogen and oxygen atoms in total. The first-order valence-corrected chi connectivity index (χ1v) is 11.4. The molecule has 2 atom stereocenters. The molecule has 0 radical (unpaired) electrons. The van der Waals surface area contributed by atoms with Gasteiger partial charge < -0.3 is 20.9 Å². The molecule has 4 N–H and O–H groups in total. The molecule has 2 aliphatic heterocycles. The van der Waals surface area contributed by atoms with Crippen LogP contribution in [0.1, 0.15) is 52.3 Å². The quantitative estimate of drug-likeness (QED) is 0.525. The lowest BCUT2D eigenvalue weighted by atomic mass is 9.95. The van der Waals surface area contributed by atoms with Crippen LogP contribution < -0.4 is 16.0 Å². The van der Waals surface area contributed by atoms with Gasteiger partial charge >= 0.3 is 6.03 Å². The minimum absolute atomic E-state index is 0.0299. The lowest BCUT2D eigenvalue weighted by Gasteiger charge is -2.36. The van der Waals surface area contributed by atoms with Crippen molar-refractivity contribution < 1.29 is 9.18 Å². The van der Waals surface area contributed by atoms with Crippen molar-refractivity contribution in [1.29, 1.82) is 0 Å². The maximum Gasteiger partial charge on any atom is 0.318 e. The van der Waals surface area contributed by atoms with Gasteiger partial charge in [0.1, 0.15) is 0 Å². The lowest BCUT2D eigenvalue weighted by Crippen LogP contribution is -2.53. The molecule has 0 spiro atoms. The number of nitrogens with zero attached hydrogens (tertiary/aromatic N) is 5. The number of aromatic amines is 1. The predicted molar refractivity (Wildman–Crippen MR) is 125 cm³/mol. The number of carbonyl (C=O) groups excluding carboxylic acids is 1. The van der Waals surface area contributed by atoms with E-state index in [4.69, 9.17) is 0 Å². The van der Waals surface area contributed by atoms with Crippen LogP contribution >= 0.6 is 0 Å². The van der Waals surface area contributed by atoms with Crippen molar-refractivity contribution >= 4 is 23.6 Å². The molecule has 2 aromatic rings. The number of likely N-dealkylation sites (N-methyl/N-ethyl adjacent to an activating group) is 1. The number of fused-ring (bicyclic) bond motifs is 1. The van der Waals surface area contributed by atoms with Gasteiger partial charge in [-0.3, -0.25) is 10.00 Å². The zero-order chi connectivity index (χ0) is 24.0. The Bertz CT molecular complexity index is 1040. The molecule has 2 aliphatic rings. The summed E-state index contributed by atoms with van der Waals surface area (Å²) in [6.45, 7) is 12.9. The Morgan fingerprint density at radius 2 is 2.09 bits per heavy atom. The summed E-state index contributed by atoms with van der Waals surface area (Å²) in [5, 5.41) is 16.4. The van der Waals surface area contributed by atoms with Crippen molar-refractivity contribution in [1.82, 2.24) is 35.3 Å². The zero-order valence-corrected chi connectivity index (χ0v) is 20.2. The number of H-pyrrole nitrogens is 1. The first-order chi connectivity index (χ1) is 15.5. The second-order valence-corrected chi connectivity index (χ2v) is 9.96. The average molecular weight is 460 g/mol. The molecule has 1 unspecified atom stereocenters. The molecule has 0 bridgehead atoms. The van der Waals surface area contributed by atoms with E-state index in [-0.39, 0.29) is 17.4 Å². The summed E-state index contributed by atoms with van der Waals surface area (Å²) in [4.78, 5) is 25.4. The van der Waals surface area contributed by atoms with Gasteiger partial charge in [-0.05, 0) is 47.1 Å². The number of hydrogen-bond donors (Lipinski definition) is 4. The molecule has 0 saturated carbocycles. The molecular formula is C22H34FN9O. The summed E-state index contributed by atoms with van der Waals surface area (Å²) < 4.78 is 14.3. The molecule has 4 heterocycles. The number of aromatic nitrogens is 4. The van der Waals surface area contributed by atoms with Crippen molar-refractivity contribution in [3.63, 3.8) is 0 Å². The Kier molecular flexibility index (Phi) is 5.94. The number of anilines is 3. The van der Waals surface area contributed by atoms with Crippen molar-refractivity contribution in [2.75, 3.05) is 37.3 Å². The molecule has 33 heavy (non-hydrogen) atoms. The largest absolute Gasteiger partial charge is 0.354 e. The third-order valence-corrected chi connectivity index (χ3v) is 6.95. The third-order valence-electron chi connectivity index (χ3n) is 6.95. The van der Waals surface area contributed by atoms with Crippen LogP contribution in [0.15, 0.2) is 6.20 Å². The molecule has 2 aromatic heterocycles. The minimum Gasteiger partial charge on any atom is -0.354 e. The van der Waals surface area contributed by atoms with Gasteiger partial charge in [0.05, 0.1) is 24.0 Å². The van der Waals surface area contributed by atoms with Crippen LogP contribution in [0, 0.1) is 11.7 Å².